The van der Waals surface area contributed by atoms with Gasteiger partial charge in [0.2, 0.25) is 0 Å². The molecule has 0 spiro atoms. The van der Waals surface area contributed by atoms with Gasteiger partial charge < -0.3 is 5.73 Å². The van der Waals surface area contributed by atoms with E-state index in [2.05, 4.69) is 29.4 Å². The average Bonchev–Trinajstić information content (AvgIpc) is 2.77. The van der Waals surface area contributed by atoms with Crippen molar-refractivity contribution in [3.63, 3.8) is 0 Å². The zero-order valence-corrected chi connectivity index (χ0v) is 11.2. The number of rotatable bonds is 2. The number of allylic oxidation sites excluding steroid dienone is 2. The second-order valence-corrected chi connectivity index (χ2v) is 5.12. The number of nitrogen functional groups attached to an aromatic ring is 1. The number of aromatic nitrogens is 2. The highest BCUT2D eigenvalue weighted by atomic mass is 15.3. The van der Waals surface area contributed by atoms with E-state index in [1.54, 1.807) is 4.68 Å². The molecule has 2 aromatic rings. The molecule has 3 heteroatoms. The lowest BCUT2D eigenvalue weighted by atomic mass is 9.86. The van der Waals surface area contributed by atoms with Gasteiger partial charge in [0.1, 0.15) is 5.82 Å². The summed E-state index contributed by atoms with van der Waals surface area (Å²) in [5.74, 6) is 1.30. The molecule has 1 aromatic carbocycles. The van der Waals surface area contributed by atoms with Gasteiger partial charge in [-0.05, 0) is 25.2 Å². The van der Waals surface area contributed by atoms with Crippen LogP contribution in [0, 0.1) is 0 Å². The summed E-state index contributed by atoms with van der Waals surface area (Å²) in [6, 6.07) is 10.3. The number of benzene rings is 1. The van der Waals surface area contributed by atoms with Gasteiger partial charge in [-0.25, -0.2) is 0 Å². The van der Waals surface area contributed by atoms with Crippen molar-refractivity contribution in [1.82, 2.24) is 9.78 Å². The normalized spacial score (nSPS) is 18.7. The number of nitrogens with two attached hydrogens (primary N) is 1. The van der Waals surface area contributed by atoms with Gasteiger partial charge in [-0.15, -0.1) is 0 Å². The highest BCUT2D eigenvalue weighted by Crippen LogP contribution is 2.38. The summed E-state index contributed by atoms with van der Waals surface area (Å²) in [7, 11) is 1.92. The van der Waals surface area contributed by atoms with Crippen molar-refractivity contribution in [3.8, 4) is 11.3 Å². The van der Waals surface area contributed by atoms with Crippen molar-refractivity contribution < 1.29 is 0 Å². The maximum absolute atomic E-state index is 6.25. The Bertz CT molecular complexity index is 596. The smallest absolute Gasteiger partial charge is 0.125 e. The Balaban J connectivity index is 2.10. The Labute approximate surface area is 113 Å². The molecule has 0 bridgehead atoms. The van der Waals surface area contributed by atoms with E-state index in [0.29, 0.717) is 5.92 Å². The molecule has 1 unspecified atom stereocenters. The molecule has 2 N–H and O–H groups in total. The van der Waals surface area contributed by atoms with Crippen LogP contribution in [-0.4, -0.2) is 9.78 Å². The number of aryl methyl sites for hydroxylation is 1. The van der Waals surface area contributed by atoms with Crippen LogP contribution in [0.1, 0.15) is 30.7 Å². The van der Waals surface area contributed by atoms with Crippen LogP contribution in [-0.2, 0) is 7.05 Å². The third-order valence-electron chi connectivity index (χ3n) is 3.85. The molecule has 0 aliphatic heterocycles. The van der Waals surface area contributed by atoms with Gasteiger partial charge in [0.05, 0.1) is 5.69 Å². The van der Waals surface area contributed by atoms with Crippen LogP contribution in [0.5, 0.6) is 0 Å². The van der Waals surface area contributed by atoms with Crippen LogP contribution in [0.25, 0.3) is 11.3 Å². The van der Waals surface area contributed by atoms with Gasteiger partial charge in [0.15, 0.2) is 0 Å². The number of hydrogen-bond acceptors (Lipinski definition) is 2. The van der Waals surface area contributed by atoms with Crippen molar-refractivity contribution in [2.45, 2.75) is 25.2 Å². The predicted molar refractivity (Wildman–Crippen MR) is 78.8 cm³/mol. The van der Waals surface area contributed by atoms with Gasteiger partial charge >= 0.3 is 0 Å². The van der Waals surface area contributed by atoms with Crippen LogP contribution in [0.15, 0.2) is 42.5 Å². The van der Waals surface area contributed by atoms with Crippen molar-refractivity contribution in [3.05, 3.63) is 48.0 Å². The van der Waals surface area contributed by atoms with E-state index in [4.69, 9.17) is 5.73 Å². The molecule has 1 aliphatic rings. The molecule has 3 nitrogen and oxygen atoms in total. The summed E-state index contributed by atoms with van der Waals surface area (Å²) in [5, 5.41) is 4.62. The molecule has 19 heavy (non-hydrogen) atoms. The molecule has 3 rings (SSSR count). The standard InChI is InChI=1S/C16H19N3/c1-19-16(17)14(12-8-4-2-5-9-12)15(18-19)13-10-6-3-7-11-13/h2-4,6-7,10-12H,5,8-9,17H2,1H3. The second-order valence-electron chi connectivity index (χ2n) is 5.12. The van der Waals surface area contributed by atoms with Crippen LogP contribution < -0.4 is 5.73 Å². The molecule has 0 saturated carbocycles. The van der Waals surface area contributed by atoms with E-state index in [1.165, 1.54) is 5.56 Å². The van der Waals surface area contributed by atoms with E-state index in [9.17, 15) is 0 Å². The number of hydrogen-bond donors (Lipinski definition) is 1. The molecule has 1 atom stereocenters. The summed E-state index contributed by atoms with van der Waals surface area (Å²) >= 11 is 0. The molecular weight excluding hydrogens is 234 g/mol. The minimum Gasteiger partial charge on any atom is -0.384 e. The first-order chi connectivity index (χ1) is 9.27. The lowest BCUT2D eigenvalue weighted by Crippen LogP contribution is -2.06. The second kappa shape index (κ2) is 4.92. The minimum absolute atomic E-state index is 0.494. The maximum atomic E-state index is 6.25. The molecule has 1 aromatic heterocycles. The Morgan fingerprint density at radius 1 is 1.21 bits per heavy atom. The summed E-state index contributed by atoms with van der Waals surface area (Å²) in [6.45, 7) is 0. The Kier molecular flexibility index (Phi) is 3.11. The number of nitrogens with zero attached hydrogens (tertiary/aromatic N) is 2. The third kappa shape index (κ3) is 2.16. The average molecular weight is 253 g/mol. The lowest BCUT2D eigenvalue weighted by Gasteiger charge is -2.18. The third-order valence-corrected chi connectivity index (χ3v) is 3.85. The first kappa shape index (κ1) is 12.0. The lowest BCUT2D eigenvalue weighted by molar-refractivity contribution is 0.619. The highest BCUT2D eigenvalue weighted by molar-refractivity contribution is 5.69. The maximum Gasteiger partial charge on any atom is 0.125 e. The van der Waals surface area contributed by atoms with Crippen LogP contribution in [0.2, 0.25) is 0 Å². The molecule has 1 heterocycles. The summed E-state index contributed by atoms with van der Waals surface area (Å²) < 4.78 is 1.80. The Hall–Kier alpha value is -2.03. The first-order valence-corrected chi connectivity index (χ1v) is 6.80. The fourth-order valence-corrected chi connectivity index (χ4v) is 2.82. The topological polar surface area (TPSA) is 43.8 Å². The Morgan fingerprint density at radius 3 is 2.68 bits per heavy atom. The van der Waals surface area contributed by atoms with E-state index >= 15 is 0 Å². The molecule has 0 saturated heterocycles. The van der Waals surface area contributed by atoms with Crippen LogP contribution in [0.3, 0.4) is 0 Å². The van der Waals surface area contributed by atoms with Gasteiger partial charge in [0, 0.05) is 18.2 Å². The predicted octanol–water partition coefficient (Wildman–Crippen LogP) is 3.49. The molecule has 0 amide bonds. The molecule has 1 aliphatic carbocycles. The van der Waals surface area contributed by atoms with Crippen LogP contribution >= 0.6 is 0 Å². The zero-order valence-electron chi connectivity index (χ0n) is 11.2. The van der Waals surface area contributed by atoms with Crippen molar-refractivity contribution in [1.29, 1.82) is 0 Å². The van der Waals surface area contributed by atoms with Gasteiger partial charge in [0.25, 0.3) is 0 Å². The highest BCUT2D eigenvalue weighted by Gasteiger charge is 2.23. The molecule has 0 radical (unpaired) electrons. The summed E-state index contributed by atoms with van der Waals surface area (Å²) in [6.07, 6.45) is 7.87. The summed E-state index contributed by atoms with van der Waals surface area (Å²) in [5.41, 5.74) is 9.66. The van der Waals surface area contributed by atoms with E-state index in [0.717, 1.165) is 36.3 Å². The fraction of sp³-hybridized carbons (Fsp3) is 0.312. The van der Waals surface area contributed by atoms with Crippen LogP contribution in [0.4, 0.5) is 5.82 Å². The summed E-state index contributed by atoms with van der Waals surface area (Å²) in [4.78, 5) is 0. The van der Waals surface area contributed by atoms with Crippen molar-refractivity contribution in [2.24, 2.45) is 7.05 Å². The largest absolute Gasteiger partial charge is 0.384 e. The SMILES string of the molecule is Cn1nc(-c2ccccc2)c(C2CC=CCC2)c1N. The van der Waals surface area contributed by atoms with Gasteiger partial charge in [-0.2, -0.15) is 5.10 Å². The molecule has 98 valence electrons. The zero-order chi connectivity index (χ0) is 13.2. The quantitative estimate of drug-likeness (QED) is 0.832. The van der Waals surface area contributed by atoms with E-state index in [-0.39, 0.29) is 0 Å². The van der Waals surface area contributed by atoms with E-state index < -0.39 is 0 Å². The fourth-order valence-electron chi connectivity index (χ4n) is 2.82. The molecule has 0 fully saturated rings. The van der Waals surface area contributed by atoms with Gasteiger partial charge in [-0.1, -0.05) is 42.5 Å². The minimum atomic E-state index is 0.494. The van der Waals surface area contributed by atoms with Crippen molar-refractivity contribution >= 4 is 5.82 Å². The number of anilines is 1. The van der Waals surface area contributed by atoms with Gasteiger partial charge in [-0.3, -0.25) is 4.68 Å². The monoisotopic (exact) mass is 253 g/mol. The molecular formula is C16H19N3. The first-order valence-electron chi connectivity index (χ1n) is 6.80. The van der Waals surface area contributed by atoms with Crippen molar-refractivity contribution in [2.75, 3.05) is 5.73 Å². The van der Waals surface area contributed by atoms with E-state index in [1.807, 2.05) is 25.2 Å². The Morgan fingerprint density at radius 2 is 2.00 bits per heavy atom.